The van der Waals surface area contributed by atoms with Gasteiger partial charge in [0.15, 0.2) is 0 Å². The molecule has 2 rings (SSSR count). The Balaban J connectivity index is 2.10. The fourth-order valence-electron chi connectivity index (χ4n) is 3.37. The molecule has 0 unspecified atom stereocenters. The third kappa shape index (κ3) is 1.63. The van der Waals surface area contributed by atoms with Gasteiger partial charge in [-0.3, -0.25) is 0 Å². The van der Waals surface area contributed by atoms with Crippen molar-refractivity contribution in [3.05, 3.63) is 0 Å². The number of thioether (sulfide) groups is 1. The Kier molecular flexibility index (Phi) is 2.40. The van der Waals surface area contributed by atoms with E-state index in [2.05, 4.69) is 6.26 Å². The molecule has 76 valence electrons. The molecular formula is C11H20OS. The minimum absolute atomic E-state index is 0.451. The Bertz CT molecular complexity index is 197. The largest absolute Gasteiger partial charge is 0.390 e. The Morgan fingerprint density at radius 1 is 1.23 bits per heavy atom. The minimum atomic E-state index is -0.451. The molecule has 0 heterocycles. The molecule has 2 aliphatic rings. The topological polar surface area (TPSA) is 20.2 Å². The summed E-state index contributed by atoms with van der Waals surface area (Å²) in [5.74, 6) is 2.27. The lowest BCUT2D eigenvalue weighted by molar-refractivity contribution is -0.00625. The third-order valence-electron chi connectivity index (χ3n) is 3.96. The van der Waals surface area contributed by atoms with Gasteiger partial charge in [-0.2, -0.15) is 11.8 Å². The van der Waals surface area contributed by atoms with Crippen molar-refractivity contribution < 1.29 is 5.11 Å². The maximum Gasteiger partial charge on any atom is 0.0622 e. The van der Waals surface area contributed by atoms with E-state index in [0.29, 0.717) is 5.92 Å². The highest BCUT2D eigenvalue weighted by Gasteiger charge is 2.50. The number of hydrogen-bond acceptors (Lipinski definition) is 2. The smallest absolute Gasteiger partial charge is 0.0622 e. The van der Waals surface area contributed by atoms with Crippen molar-refractivity contribution in [1.82, 2.24) is 0 Å². The monoisotopic (exact) mass is 200 g/mol. The third-order valence-corrected chi connectivity index (χ3v) is 5.11. The Morgan fingerprint density at radius 3 is 2.38 bits per heavy atom. The van der Waals surface area contributed by atoms with Crippen LogP contribution in [-0.2, 0) is 0 Å². The fourth-order valence-corrected chi connectivity index (χ4v) is 4.48. The predicted molar refractivity (Wildman–Crippen MR) is 57.9 cm³/mol. The van der Waals surface area contributed by atoms with Gasteiger partial charge < -0.3 is 5.11 Å². The van der Waals surface area contributed by atoms with Crippen LogP contribution in [0.15, 0.2) is 0 Å². The number of fused-ring (bicyclic) bond motifs is 2. The molecule has 2 heteroatoms. The van der Waals surface area contributed by atoms with Crippen LogP contribution in [0.1, 0.15) is 33.1 Å². The van der Waals surface area contributed by atoms with E-state index >= 15 is 0 Å². The highest BCUT2D eigenvalue weighted by atomic mass is 32.2. The average molecular weight is 200 g/mol. The van der Waals surface area contributed by atoms with Crippen LogP contribution in [0, 0.1) is 17.8 Å². The molecule has 2 fully saturated rings. The van der Waals surface area contributed by atoms with Gasteiger partial charge in [-0.05, 0) is 57.1 Å². The van der Waals surface area contributed by atoms with Crippen molar-refractivity contribution in [1.29, 1.82) is 0 Å². The standard InChI is InChI=1S/C11H20OS/c1-11(2,12)9-5-7-4-8(9)10(6-7)13-3/h7-10,12H,4-6H2,1-3H3/t7-,8+,9-,10+/m0/s1. The molecule has 13 heavy (non-hydrogen) atoms. The fraction of sp³-hybridized carbons (Fsp3) is 1.00. The summed E-state index contributed by atoms with van der Waals surface area (Å²) < 4.78 is 0. The second kappa shape index (κ2) is 3.16. The van der Waals surface area contributed by atoms with Gasteiger partial charge in [-0.25, -0.2) is 0 Å². The highest BCUT2D eigenvalue weighted by Crippen LogP contribution is 2.55. The summed E-state index contributed by atoms with van der Waals surface area (Å²) in [6, 6.07) is 0. The van der Waals surface area contributed by atoms with E-state index in [-0.39, 0.29) is 0 Å². The van der Waals surface area contributed by atoms with E-state index in [4.69, 9.17) is 0 Å². The molecule has 0 amide bonds. The molecule has 0 saturated heterocycles. The molecule has 0 aromatic heterocycles. The first-order valence-corrected chi connectivity index (χ1v) is 6.56. The van der Waals surface area contributed by atoms with Crippen molar-refractivity contribution >= 4 is 11.8 Å². The molecule has 0 aromatic carbocycles. The van der Waals surface area contributed by atoms with Gasteiger partial charge in [0.1, 0.15) is 0 Å². The van der Waals surface area contributed by atoms with Crippen molar-refractivity contribution in [3.63, 3.8) is 0 Å². The SMILES string of the molecule is CS[C@@H]1C[C@H]2C[C@@H]1[C@@H](C(C)(C)O)C2. The lowest BCUT2D eigenvalue weighted by atomic mass is 9.78. The lowest BCUT2D eigenvalue weighted by Gasteiger charge is -2.36. The van der Waals surface area contributed by atoms with Crippen LogP contribution < -0.4 is 0 Å². The molecule has 2 saturated carbocycles. The number of aliphatic hydroxyl groups is 1. The molecule has 2 bridgehead atoms. The Hall–Kier alpha value is 0.310. The van der Waals surface area contributed by atoms with Gasteiger partial charge in [0.2, 0.25) is 0 Å². The van der Waals surface area contributed by atoms with Gasteiger partial charge in [0.05, 0.1) is 5.60 Å². The van der Waals surface area contributed by atoms with Crippen LogP contribution in [0.25, 0.3) is 0 Å². The lowest BCUT2D eigenvalue weighted by Crippen LogP contribution is -2.38. The van der Waals surface area contributed by atoms with Gasteiger partial charge in [0.25, 0.3) is 0 Å². The van der Waals surface area contributed by atoms with Crippen LogP contribution in [0.5, 0.6) is 0 Å². The summed E-state index contributed by atoms with van der Waals surface area (Å²) in [6.07, 6.45) is 6.26. The molecule has 0 aliphatic heterocycles. The molecule has 0 spiro atoms. The second-order valence-corrected chi connectivity index (χ2v) is 6.35. The van der Waals surface area contributed by atoms with E-state index in [1.807, 2.05) is 25.6 Å². The van der Waals surface area contributed by atoms with E-state index in [1.54, 1.807) is 0 Å². The zero-order chi connectivity index (χ0) is 9.64. The summed E-state index contributed by atoms with van der Waals surface area (Å²) in [6.45, 7) is 3.96. The van der Waals surface area contributed by atoms with E-state index in [1.165, 1.54) is 19.3 Å². The number of rotatable bonds is 2. The minimum Gasteiger partial charge on any atom is -0.390 e. The zero-order valence-corrected chi connectivity index (χ0v) is 9.60. The van der Waals surface area contributed by atoms with E-state index in [0.717, 1.165) is 17.1 Å². The normalized spacial score (nSPS) is 44.3. The maximum absolute atomic E-state index is 10.0. The van der Waals surface area contributed by atoms with Crippen molar-refractivity contribution in [2.24, 2.45) is 17.8 Å². The Morgan fingerprint density at radius 2 is 1.92 bits per heavy atom. The summed E-state index contributed by atoms with van der Waals surface area (Å²) in [5, 5.41) is 10.9. The quantitative estimate of drug-likeness (QED) is 0.739. The highest BCUT2D eigenvalue weighted by molar-refractivity contribution is 7.99. The summed E-state index contributed by atoms with van der Waals surface area (Å²) >= 11 is 2.00. The summed E-state index contributed by atoms with van der Waals surface area (Å²) in [5.41, 5.74) is -0.451. The first kappa shape index (κ1) is 9.85. The molecule has 2 aliphatic carbocycles. The van der Waals surface area contributed by atoms with Gasteiger partial charge in [0, 0.05) is 5.25 Å². The molecule has 1 nitrogen and oxygen atoms in total. The first-order chi connectivity index (χ1) is 6.02. The van der Waals surface area contributed by atoms with Crippen LogP contribution >= 0.6 is 11.8 Å². The predicted octanol–water partition coefficient (Wildman–Crippen LogP) is 2.54. The molecule has 1 N–H and O–H groups in total. The van der Waals surface area contributed by atoms with Crippen LogP contribution in [0.4, 0.5) is 0 Å². The second-order valence-electron chi connectivity index (χ2n) is 5.27. The average Bonchev–Trinajstić information content (AvgIpc) is 2.59. The van der Waals surface area contributed by atoms with Crippen LogP contribution in [0.3, 0.4) is 0 Å². The van der Waals surface area contributed by atoms with E-state index < -0.39 is 5.60 Å². The van der Waals surface area contributed by atoms with Gasteiger partial charge in [-0.15, -0.1) is 0 Å². The Labute approximate surface area is 85.3 Å². The molecule has 4 atom stereocenters. The van der Waals surface area contributed by atoms with Crippen LogP contribution in [-0.4, -0.2) is 22.2 Å². The van der Waals surface area contributed by atoms with E-state index in [9.17, 15) is 5.11 Å². The van der Waals surface area contributed by atoms with Crippen LogP contribution in [0.2, 0.25) is 0 Å². The first-order valence-electron chi connectivity index (χ1n) is 5.27. The zero-order valence-electron chi connectivity index (χ0n) is 8.79. The van der Waals surface area contributed by atoms with Gasteiger partial charge >= 0.3 is 0 Å². The molecular weight excluding hydrogens is 180 g/mol. The summed E-state index contributed by atoms with van der Waals surface area (Å²) in [7, 11) is 0. The van der Waals surface area contributed by atoms with Crippen molar-refractivity contribution in [2.45, 2.75) is 44.0 Å². The van der Waals surface area contributed by atoms with Crippen molar-refractivity contribution in [2.75, 3.05) is 6.26 Å². The number of hydrogen-bond donors (Lipinski definition) is 1. The van der Waals surface area contributed by atoms with Gasteiger partial charge in [-0.1, -0.05) is 0 Å². The van der Waals surface area contributed by atoms with Crippen molar-refractivity contribution in [3.8, 4) is 0 Å². The molecule has 0 aromatic rings. The maximum atomic E-state index is 10.0. The molecule has 0 radical (unpaired) electrons. The summed E-state index contributed by atoms with van der Waals surface area (Å²) in [4.78, 5) is 0.